The van der Waals surface area contributed by atoms with E-state index >= 15 is 0 Å². The fraction of sp³-hybridized carbons (Fsp3) is 0.120. The molecule has 4 rings (SSSR count). The van der Waals surface area contributed by atoms with Crippen molar-refractivity contribution in [2.75, 3.05) is 11.9 Å². The SMILES string of the molecule is Cc1cn(C)c(C(=O)NCC(=O)Nc2ccc3ccccc3c2)c1-c1ccccc1. The molecule has 0 radical (unpaired) electrons. The van der Waals surface area contributed by atoms with E-state index < -0.39 is 0 Å². The first-order valence-corrected chi connectivity index (χ1v) is 9.81. The number of fused-ring (bicyclic) bond motifs is 1. The summed E-state index contributed by atoms with van der Waals surface area (Å²) in [5.41, 5.74) is 4.10. The first-order chi connectivity index (χ1) is 14.5. The van der Waals surface area contributed by atoms with Gasteiger partial charge in [0, 0.05) is 24.5 Å². The average molecular weight is 397 g/mol. The molecule has 0 spiro atoms. The van der Waals surface area contributed by atoms with Crippen LogP contribution >= 0.6 is 0 Å². The van der Waals surface area contributed by atoms with Crippen molar-refractivity contribution < 1.29 is 9.59 Å². The molecule has 2 amide bonds. The topological polar surface area (TPSA) is 63.1 Å². The van der Waals surface area contributed by atoms with Crippen LogP contribution in [0.4, 0.5) is 5.69 Å². The van der Waals surface area contributed by atoms with Crippen molar-refractivity contribution in [3.63, 3.8) is 0 Å². The smallest absolute Gasteiger partial charge is 0.268 e. The summed E-state index contributed by atoms with van der Waals surface area (Å²) in [6.45, 7) is 1.87. The number of carbonyl (C=O) groups excluding carboxylic acids is 2. The molecule has 0 bridgehead atoms. The van der Waals surface area contributed by atoms with Crippen molar-refractivity contribution in [2.45, 2.75) is 6.92 Å². The van der Waals surface area contributed by atoms with E-state index in [1.807, 2.05) is 93.0 Å². The molecule has 0 atom stereocenters. The van der Waals surface area contributed by atoms with E-state index in [1.165, 1.54) is 0 Å². The fourth-order valence-electron chi connectivity index (χ4n) is 3.74. The van der Waals surface area contributed by atoms with E-state index in [-0.39, 0.29) is 18.4 Å². The Labute approximate surface area is 175 Å². The van der Waals surface area contributed by atoms with Crippen molar-refractivity contribution in [2.24, 2.45) is 7.05 Å². The monoisotopic (exact) mass is 397 g/mol. The number of rotatable bonds is 5. The second kappa shape index (κ2) is 8.25. The van der Waals surface area contributed by atoms with Crippen LogP contribution in [0.1, 0.15) is 16.1 Å². The molecular weight excluding hydrogens is 374 g/mol. The molecule has 0 fully saturated rings. The van der Waals surface area contributed by atoms with E-state index in [9.17, 15) is 9.59 Å². The number of aryl methyl sites for hydroxylation is 2. The molecule has 0 aliphatic carbocycles. The van der Waals surface area contributed by atoms with E-state index in [1.54, 1.807) is 4.57 Å². The van der Waals surface area contributed by atoms with Gasteiger partial charge in [0.05, 0.1) is 6.54 Å². The minimum absolute atomic E-state index is 0.107. The largest absolute Gasteiger partial charge is 0.346 e. The number of amides is 2. The summed E-state index contributed by atoms with van der Waals surface area (Å²) in [7, 11) is 1.84. The number of aromatic nitrogens is 1. The van der Waals surface area contributed by atoms with Gasteiger partial charge in [-0.25, -0.2) is 0 Å². The van der Waals surface area contributed by atoms with E-state index in [0.29, 0.717) is 11.4 Å². The van der Waals surface area contributed by atoms with Crippen molar-refractivity contribution in [3.8, 4) is 11.1 Å². The van der Waals surface area contributed by atoms with Crippen LogP contribution in [0.25, 0.3) is 21.9 Å². The molecule has 0 saturated heterocycles. The third kappa shape index (κ3) is 3.96. The van der Waals surface area contributed by atoms with E-state index in [2.05, 4.69) is 10.6 Å². The fourth-order valence-corrected chi connectivity index (χ4v) is 3.74. The Kier molecular flexibility index (Phi) is 5.35. The highest BCUT2D eigenvalue weighted by atomic mass is 16.2. The van der Waals surface area contributed by atoms with Crippen LogP contribution in [0.2, 0.25) is 0 Å². The number of nitrogens with zero attached hydrogens (tertiary/aromatic N) is 1. The first-order valence-electron chi connectivity index (χ1n) is 9.81. The number of anilines is 1. The van der Waals surface area contributed by atoms with Crippen LogP contribution in [-0.4, -0.2) is 22.9 Å². The Morgan fingerprint density at radius 1 is 0.900 bits per heavy atom. The number of hydrogen-bond donors (Lipinski definition) is 2. The summed E-state index contributed by atoms with van der Waals surface area (Å²) < 4.78 is 1.80. The lowest BCUT2D eigenvalue weighted by Gasteiger charge is -2.11. The molecule has 30 heavy (non-hydrogen) atoms. The quantitative estimate of drug-likeness (QED) is 0.520. The highest BCUT2D eigenvalue weighted by Crippen LogP contribution is 2.28. The van der Waals surface area contributed by atoms with Crippen molar-refractivity contribution in [3.05, 3.63) is 90.3 Å². The normalized spacial score (nSPS) is 10.7. The van der Waals surface area contributed by atoms with Crippen LogP contribution in [0, 0.1) is 6.92 Å². The van der Waals surface area contributed by atoms with Gasteiger partial charge in [0.1, 0.15) is 5.69 Å². The third-order valence-electron chi connectivity index (χ3n) is 5.09. The standard InChI is InChI=1S/C25H23N3O2/c1-17-16-28(2)24(23(17)19-9-4-3-5-10-19)25(30)26-15-22(29)27-21-13-12-18-8-6-7-11-20(18)14-21/h3-14,16H,15H2,1-2H3,(H,26,30)(H,27,29). The summed E-state index contributed by atoms with van der Waals surface area (Å²) in [4.78, 5) is 25.3. The number of benzene rings is 3. The molecule has 0 saturated carbocycles. The molecule has 1 heterocycles. The highest BCUT2D eigenvalue weighted by Gasteiger charge is 2.20. The Morgan fingerprint density at radius 3 is 2.37 bits per heavy atom. The predicted molar refractivity (Wildman–Crippen MR) is 120 cm³/mol. The number of carbonyl (C=O) groups is 2. The van der Waals surface area contributed by atoms with Crippen molar-refractivity contribution >= 4 is 28.3 Å². The van der Waals surface area contributed by atoms with Gasteiger partial charge in [0.2, 0.25) is 5.91 Å². The van der Waals surface area contributed by atoms with Gasteiger partial charge in [0.15, 0.2) is 0 Å². The maximum absolute atomic E-state index is 12.9. The molecule has 0 aliphatic rings. The summed E-state index contributed by atoms with van der Waals surface area (Å²) in [5, 5.41) is 7.75. The average Bonchev–Trinajstić information content (AvgIpc) is 3.06. The maximum atomic E-state index is 12.9. The maximum Gasteiger partial charge on any atom is 0.268 e. The lowest BCUT2D eigenvalue weighted by molar-refractivity contribution is -0.115. The highest BCUT2D eigenvalue weighted by molar-refractivity contribution is 6.03. The zero-order valence-corrected chi connectivity index (χ0v) is 17.0. The molecule has 0 unspecified atom stereocenters. The van der Waals surface area contributed by atoms with Gasteiger partial charge in [-0.2, -0.15) is 0 Å². The Balaban J connectivity index is 1.46. The van der Waals surface area contributed by atoms with E-state index in [0.717, 1.165) is 27.5 Å². The molecule has 4 aromatic rings. The zero-order chi connectivity index (χ0) is 21.1. The van der Waals surface area contributed by atoms with Crippen LogP contribution in [-0.2, 0) is 11.8 Å². The lowest BCUT2D eigenvalue weighted by atomic mass is 10.0. The van der Waals surface area contributed by atoms with Gasteiger partial charge < -0.3 is 15.2 Å². The molecule has 0 aliphatic heterocycles. The molecule has 5 nitrogen and oxygen atoms in total. The Morgan fingerprint density at radius 2 is 1.60 bits per heavy atom. The number of hydrogen-bond acceptors (Lipinski definition) is 2. The predicted octanol–water partition coefficient (Wildman–Crippen LogP) is 4.52. The summed E-state index contributed by atoms with van der Waals surface area (Å²) in [5.74, 6) is -0.552. The molecule has 5 heteroatoms. The lowest BCUT2D eigenvalue weighted by Crippen LogP contribution is -2.34. The second-order valence-corrected chi connectivity index (χ2v) is 7.31. The molecule has 2 N–H and O–H groups in total. The van der Waals surface area contributed by atoms with Gasteiger partial charge in [0.25, 0.3) is 5.91 Å². The van der Waals surface area contributed by atoms with Crippen LogP contribution < -0.4 is 10.6 Å². The third-order valence-corrected chi connectivity index (χ3v) is 5.09. The van der Waals surface area contributed by atoms with Crippen molar-refractivity contribution in [1.82, 2.24) is 9.88 Å². The molecule has 150 valence electrons. The van der Waals surface area contributed by atoms with Gasteiger partial charge >= 0.3 is 0 Å². The molecule has 1 aromatic heterocycles. The Bertz CT molecular complexity index is 1230. The van der Waals surface area contributed by atoms with Crippen LogP contribution in [0.15, 0.2) is 79.0 Å². The van der Waals surface area contributed by atoms with Gasteiger partial charge in [-0.3, -0.25) is 9.59 Å². The molecule has 3 aromatic carbocycles. The zero-order valence-electron chi connectivity index (χ0n) is 17.0. The second-order valence-electron chi connectivity index (χ2n) is 7.31. The summed E-state index contributed by atoms with van der Waals surface area (Å²) in [6.07, 6.45) is 1.92. The van der Waals surface area contributed by atoms with E-state index in [4.69, 9.17) is 0 Å². The number of nitrogens with one attached hydrogen (secondary N) is 2. The van der Waals surface area contributed by atoms with Crippen LogP contribution in [0.5, 0.6) is 0 Å². The van der Waals surface area contributed by atoms with Gasteiger partial charge in [-0.15, -0.1) is 0 Å². The van der Waals surface area contributed by atoms with Crippen molar-refractivity contribution in [1.29, 1.82) is 0 Å². The summed E-state index contributed by atoms with van der Waals surface area (Å²) >= 11 is 0. The Hall–Kier alpha value is -3.86. The molecular formula is C25H23N3O2. The summed E-state index contributed by atoms with van der Waals surface area (Å²) in [6, 6.07) is 23.5. The minimum atomic E-state index is -0.280. The van der Waals surface area contributed by atoms with Crippen LogP contribution in [0.3, 0.4) is 0 Å². The first kappa shape index (κ1) is 19.5. The minimum Gasteiger partial charge on any atom is -0.346 e. The van der Waals surface area contributed by atoms with Gasteiger partial charge in [-0.05, 0) is 41.0 Å². The van der Waals surface area contributed by atoms with Gasteiger partial charge in [-0.1, -0.05) is 60.7 Å².